The first-order valence-corrected chi connectivity index (χ1v) is 45.7. The van der Waals surface area contributed by atoms with Crippen molar-refractivity contribution in [1.29, 1.82) is 0 Å². The Hall–Kier alpha value is -13.2. The molecular weight excluding hydrogens is 1720 g/mol. The van der Waals surface area contributed by atoms with Crippen LogP contribution in [0.3, 0.4) is 0 Å². The van der Waals surface area contributed by atoms with Gasteiger partial charge in [-0.25, -0.2) is 0 Å². The molecule has 7 aromatic rings. The fourth-order valence-corrected chi connectivity index (χ4v) is 16.1. The van der Waals surface area contributed by atoms with Crippen LogP contribution in [-0.2, 0) is 81.4 Å². The van der Waals surface area contributed by atoms with E-state index in [0.29, 0.717) is 33.4 Å². The highest BCUT2D eigenvalue weighted by molar-refractivity contribution is 7.99. The Morgan fingerprint density at radius 1 is 0.278 bits per heavy atom. The predicted molar refractivity (Wildman–Crippen MR) is 503 cm³/mol. The van der Waals surface area contributed by atoms with Gasteiger partial charge in [-0.05, 0) is 108 Å². The maximum Gasteiger partial charge on any atom is 0.305 e. The number of carboxylic acid groups (broad SMARTS) is 2. The number of hydrogen-bond donors (Lipinski definition) is 4. The van der Waals surface area contributed by atoms with Crippen molar-refractivity contribution in [2.75, 3.05) is 144 Å². The summed E-state index contributed by atoms with van der Waals surface area (Å²) in [6.07, 6.45) is 0.348. The molecule has 0 saturated carbocycles. The van der Waals surface area contributed by atoms with Crippen molar-refractivity contribution in [2.45, 2.75) is 130 Å². The number of ether oxygens (including phenoxy) is 2. The number of primary amides is 1. The highest BCUT2D eigenvalue weighted by Crippen LogP contribution is 2.31. The minimum atomic E-state index is -1.39. The normalized spacial score (nSPS) is 13.1. The number of carbonyl (C=O) groups is 15. The molecule has 9 atom stereocenters. The summed E-state index contributed by atoms with van der Waals surface area (Å²) >= 11 is 1.30. The van der Waals surface area contributed by atoms with E-state index < -0.39 is 242 Å². The second-order valence-electron chi connectivity index (χ2n) is 32.8. The van der Waals surface area contributed by atoms with Crippen LogP contribution in [0.1, 0.15) is 156 Å². The summed E-state index contributed by atoms with van der Waals surface area (Å²) in [5.41, 5.74) is 16.2. The molecule has 0 aliphatic rings. The van der Waals surface area contributed by atoms with Crippen LogP contribution in [-0.4, -0.2) is 314 Å². The first-order valence-electron chi connectivity index (χ1n) is 44.3. The molecule has 0 heterocycles. The molecule has 0 radical (unpaired) electrons. The van der Waals surface area contributed by atoms with Crippen LogP contribution in [0.5, 0.6) is 0 Å². The van der Waals surface area contributed by atoms with Crippen molar-refractivity contribution >= 4 is 100 Å². The van der Waals surface area contributed by atoms with E-state index in [9.17, 15) is 39.0 Å². The molecule has 0 aliphatic heterocycles. The number of rotatable bonds is 54. The molecule has 13 amide bonds. The summed E-state index contributed by atoms with van der Waals surface area (Å²) in [6, 6.07) is 53.9. The largest absolute Gasteiger partial charge is 0.481 e. The lowest BCUT2D eigenvalue weighted by Gasteiger charge is -2.38. The molecule has 0 saturated heterocycles. The summed E-state index contributed by atoms with van der Waals surface area (Å²) in [5, 5.41) is 20.3. The van der Waals surface area contributed by atoms with Gasteiger partial charge in [0, 0.05) is 40.4 Å². The van der Waals surface area contributed by atoms with Crippen LogP contribution >= 0.6 is 11.8 Å². The summed E-state index contributed by atoms with van der Waals surface area (Å²) in [4.78, 5) is 234. The number of thioether (sulfide) groups is 1. The SMILES string of the molecule is COCC(C)N(CC(=O)N(CCC(=O)O)CC(=O)N(CC(=O)N(CCC(=O)O)CC(=O)N(CC(=O)N(CC(N)=O)C(C)c1ccccc1)C(C)COC)C(C)c1ccccc1)C(=O)CN(C(=O)CN(C(=O)CN(C(=O)CN(CCN)C(=O)CN(C(=O)CN(C(=O)CSC)C(C)c1ccccc1)C(C)c1ccccc1)C(C)c1ccccc1)C(C)c1ccccc1)C(C)c1ccccc1. The van der Waals surface area contributed by atoms with Gasteiger partial charge >= 0.3 is 11.9 Å². The van der Waals surface area contributed by atoms with E-state index in [2.05, 4.69) is 0 Å². The van der Waals surface area contributed by atoms with E-state index in [0.717, 1.165) is 30.1 Å². The third kappa shape index (κ3) is 32.1. The molecule has 714 valence electrons. The molecule has 0 bridgehead atoms. The zero-order chi connectivity index (χ0) is 97.5. The summed E-state index contributed by atoms with van der Waals surface area (Å²) < 4.78 is 11.0. The quantitative estimate of drug-likeness (QED) is 0.0280. The van der Waals surface area contributed by atoms with Crippen LogP contribution in [0, 0.1) is 0 Å². The molecule has 6 N–H and O–H groups in total. The summed E-state index contributed by atoms with van der Waals surface area (Å²) in [6.45, 7) is 4.63. The molecule has 33 nitrogen and oxygen atoms in total. The summed E-state index contributed by atoms with van der Waals surface area (Å²) in [5.74, 6) is -12.6. The summed E-state index contributed by atoms with van der Waals surface area (Å²) in [7, 11) is 2.71. The number of amides is 13. The van der Waals surface area contributed by atoms with E-state index >= 15 is 43.2 Å². The maximum atomic E-state index is 16.0. The molecule has 7 aromatic carbocycles. The lowest BCUT2D eigenvalue weighted by atomic mass is 10.0. The number of hydrogen-bond acceptors (Lipinski definition) is 19. The molecule has 0 aromatic heterocycles. The van der Waals surface area contributed by atoms with Crippen LogP contribution in [0.25, 0.3) is 0 Å². The Kier molecular flexibility index (Phi) is 43.4. The fourth-order valence-electron chi connectivity index (χ4n) is 15.7. The van der Waals surface area contributed by atoms with Crippen molar-refractivity contribution < 1.29 is 91.6 Å². The monoisotopic (exact) mass is 1850 g/mol. The number of nitrogens with two attached hydrogens (primary N) is 2. The van der Waals surface area contributed by atoms with Gasteiger partial charge in [0.15, 0.2) is 0 Å². The average molecular weight is 1850 g/mol. The number of methoxy groups -OCH3 is 2. The zero-order valence-corrected chi connectivity index (χ0v) is 78.8. The Bertz CT molecular complexity index is 4980. The van der Waals surface area contributed by atoms with Crippen LogP contribution in [0.2, 0.25) is 0 Å². The Labute approximate surface area is 783 Å². The van der Waals surface area contributed by atoms with E-state index in [-0.39, 0.29) is 38.0 Å². The highest BCUT2D eigenvalue weighted by atomic mass is 32.2. The van der Waals surface area contributed by atoms with Gasteiger partial charge in [-0.15, -0.1) is 0 Å². The lowest BCUT2D eigenvalue weighted by Crippen LogP contribution is -2.55. The predicted octanol–water partition coefficient (Wildman–Crippen LogP) is 8.08. The topological polar surface area (TPSA) is 406 Å². The number of carboxylic acids is 2. The second-order valence-corrected chi connectivity index (χ2v) is 33.7. The van der Waals surface area contributed by atoms with Crippen LogP contribution < -0.4 is 11.5 Å². The van der Waals surface area contributed by atoms with Gasteiger partial charge < -0.3 is 90.0 Å². The molecule has 34 heteroatoms. The van der Waals surface area contributed by atoms with Gasteiger partial charge in [-0.3, -0.25) is 71.9 Å². The van der Waals surface area contributed by atoms with Gasteiger partial charge in [-0.2, -0.15) is 11.8 Å². The first-order chi connectivity index (χ1) is 63.5. The standard InChI is InChI=1S/C99H128N14O19S/c1-69(66-131-10)105(58-86(115)103(52-49-99(129)130)56-90(119)108(72(4)79-36-22-14-23-37-79)59-87(116)102(51-48-98(127)128)55-89(118)106(70(2)67-132-11)61-93(122)107(54-85(101)114)71(3)78-34-20-13-21-35-78)92(121)62-111(75(7)82-42-28-17-29-43-82)95(124)64-112(76(8)83-44-30-18-31-45-83)94(123)63-110(74(6)81-40-26-16-27-41-81)91(120)57-104(53-50-100)88(117)60-109(73(5)80-38-24-15-25-39-80)96(125)65-113(97(126)68-133-12)77(9)84-46-32-19-33-47-84/h13-47,69-77H,48-68,100H2,1-12H3,(H2,101,114)(H,127,128)(H,129,130). The molecule has 0 fully saturated rings. The van der Waals surface area contributed by atoms with E-state index in [1.165, 1.54) is 60.3 Å². The lowest BCUT2D eigenvalue weighted by molar-refractivity contribution is -0.153. The third-order valence-electron chi connectivity index (χ3n) is 23.7. The van der Waals surface area contributed by atoms with Crippen LogP contribution in [0.15, 0.2) is 212 Å². The molecule has 133 heavy (non-hydrogen) atoms. The maximum absolute atomic E-state index is 16.0. The van der Waals surface area contributed by atoms with E-state index in [1.807, 2.05) is 55.5 Å². The fraction of sp³-hybridized carbons (Fsp3) is 0.424. The molecule has 0 spiro atoms. The third-order valence-corrected chi connectivity index (χ3v) is 24.2. The van der Waals surface area contributed by atoms with E-state index in [4.69, 9.17) is 20.9 Å². The zero-order valence-electron chi connectivity index (χ0n) is 78.0. The number of carbonyl (C=O) groups excluding carboxylic acids is 13. The van der Waals surface area contributed by atoms with Gasteiger partial charge in [-0.1, -0.05) is 212 Å². The van der Waals surface area contributed by atoms with Gasteiger partial charge in [0.05, 0.1) is 112 Å². The smallest absolute Gasteiger partial charge is 0.305 e. The molecule has 0 aliphatic carbocycles. The minimum Gasteiger partial charge on any atom is -0.481 e. The second kappa shape index (κ2) is 54.0. The van der Waals surface area contributed by atoms with Crippen molar-refractivity contribution in [2.24, 2.45) is 11.5 Å². The van der Waals surface area contributed by atoms with Crippen molar-refractivity contribution in [3.63, 3.8) is 0 Å². The Balaban J connectivity index is 1.21. The average Bonchev–Trinajstić information content (AvgIpc) is 0.807. The highest BCUT2D eigenvalue weighted by Gasteiger charge is 2.40. The van der Waals surface area contributed by atoms with Gasteiger partial charge in [0.1, 0.15) is 52.4 Å². The number of aliphatic carboxylic acids is 2. The first kappa shape index (κ1) is 107. The molecule has 9 unspecified atom stereocenters. The van der Waals surface area contributed by atoms with Crippen molar-refractivity contribution in [1.82, 2.24) is 58.8 Å². The minimum absolute atomic E-state index is 0.0724. The Morgan fingerprint density at radius 3 is 0.684 bits per heavy atom. The van der Waals surface area contributed by atoms with E-state index in [1.54, 1.807) is 225 Å². The van der Waals surface area contributed by atoms with Gasteiger partial charge in [0.25, 0.3) is 0 Å². The number of benzene rings is 7. The van der Waals surface area contributed by atoms with Crippen molar-refractivity contribution in [3.8, 4) is 0 Å². The van der Waals surface area contributed by atoms with Crippen LogP contribution in [0.4, 0.5) is 0 Å². The Morgan fingerprint density at radius 2 is 0.466 bits per heavy atom. The van der Waals surface area contributed by atoms with Gasteiger partial charge in [0.2, 0.25) is 76.8 Å². The molecule has 7 rings (SSSR count). The number of nitrogens with zero attached hydrogens (tertiary/aromatic N) is 12. The molecular formula is C99H128N14O19S. The van der Waals surface area contributed by atoms with Crippen molar-refractivity contribution in [3.05, 3.63) is 251 Å².